The van der Waals surface area contributed by atoms with Gasteiger partial charge in [0.1, 0.15) is 0 Å². The first-order valence-corrected chi connectivity index (χ1v) is 7.59. The monoisotopic (exact) mass is 261 g/mol. The van der Waals surface area contributed by atoms with Gasteiger partial charge in [-0.2, -0.15) is 0 Å². The first kappa shape index (κ1) is 14.4. The Labute approximate surface area is 117 Å². The summed E-state index contributed by atoms with van der Waals surface area (Å²) in [7, 11) is 0. The number of rotatable bonds is 5. The normalized spacial score (nSPS) is 16.3. The van der Waals surface area contributed by atoms with Crippen LogP contribution < -0.4 is 4.90 Å². The quantitative estimate of drug-likeness (QED) is 0.869. The Bertz CT molecular complexity index is 408. The van der Waals surface area contributed by atoms with Crippen molar-refractivity contribution >= 4 is 5.69 Å². The van der Waals surface area contributed by atoms with Crippen LogP contribution in [0.1, 0.15) is 50.7 Å². The zero-order valence-corrected chi connectivity index (χ0v) is 12.5. The minimum absolute atomic E-state index is 0.137. The van der Waals surface area contributed by atoms with E-state index in [0.717, 1.165) is 12.1 Å². The van der Waals surface area contributed by atoms with E-state index in [9.17, 15) is 5.11 Å². The van der Waals surface area contributed by atoms with Gasteiger partial charge in [0.15, 0.2) is 0 Å². The highest BCUT2D eigenvalue weighted by Gasteiger charge is 2.24. The number of aliphatic hydroxyl groups excluding tert-OH is 1. The summed E-state index contributed by atoms with van der Waals surface area (Å²) in [5.74, 6) is 0.647. The van der Waals surface area contributed by atoms with Crippen molar-refractivity contribution in [1.82, 2.24) is 0 Å². The summed E-state index contributed by atoms with van der Waals surface area (Å²) in [6.07, 6.45) is 5.29. The van der Waals surface area contributed by atoms with Crippen LogP contribution in [0.5, 0.6) is 0 Å². The minimum atomic E-state index is 0.137. The highest BCUT2D eigenvalue weighted by Crippen LogP contribution is 2.31. The van der Waals surface area contributed by atoms with Gasteiger partial charge in [-0.15, -0.1) is 0 Å². The maximum Gasteiger partial charge on any atom is 0.0702 e. The van der Waals surface area contributed by atoms with Crippen molar-refractivity contribution in [2.45, 2.75) is 59.1 Å². The van der Waals surface area contributed by atoms with Gasteiger partial charge in [-0.3, -0.25) is 0 Å². The lowest BCUT2D eigenvalue weighted by Gasteiger charge is -2.34. The van der Waals surface area contributed by atoms with Gasteiger partial charge in [-0.25, -0.2) is 0 Å². The van der Waals surface area contributed by atoms with E-state index in [4.69, 9.17) is 0 Å². The molecule has 0 saturated heterocycles. The van der Waals surface area contributed by atoms with Crippen molar-refractivity contribution in [3.63, 3.8) is 0 Å². The lowest BCUT2D eigenvalue weighted by atomic mass is 10.0. The molecule has 1 fully saturated rings. The van der Waals surface area contributed by atoms with Gasteiger partial charge in [-0.05, 0) is 31.7 Å². The summed E-state index contributed by atoms with van der Waals surface area (Å²) >= 11 is 0. The second-order valence-electron chi connectivity index (χ2n) is 6.27. The number of aliphatic hydroxyl groups is 1. The SMILES string of the molecule is Cc1ccc(N(CC(C)C)C2CCCC2)c(CO)c1. The van der Waals surface area contributed by atoms with E-state index < -0.39 is 0 Å². The van der Waals surface area contributed by atoms with Gasteiger partial charge in [0.25, 0.3) is 0 Å². The Balaban J connectivity index is 2.30. The van der Waals surface area contributed by atoms with Crippen LogP contribution in [0, 0.1) is 12.8 Å². The molecule has 0 aliphatic heterocycles. The van der Waals surface area contributed by atoms with Gasteiger partial charge in [0.2, 0.25) is 0 Å². The van der Waals surface area contributed by atoms with E-state index in [0.29, 0.717) is 12.0 Å². The van der Waals surface area contributed by atoms with Gasteiger partial charge < -0.3 is 10.0 Å². The highest BCUT2D eigenvalue weighted by atomic mass is 16.3. The lowest BCUT2D eigenvalue weighted by molar-refractivity contribution is 0.281. The van der Waals surface area contributed by atoms with Crippen LogP contribution in [0.25, 0.3) is 0 Å². The predicted molar refractivity (Wildman–Crippen MR) is 81.5 cm³/mol. The lowest BCUT2D eigenvalue weighted by Crippen LogP contribution is -2.37. The van der Waals surface area contributed by atoms with Crippen molar-refractivity contribution in [2.75, 3.05) is 11.4 Å². The second-order valence-corrected chi connectivity index (χ2v) is 6.27. The summed E-state index contributed by atoms with van der Waals surface area (Å²) in [5.41, 5.74) is 3.55. The summed E-state index contributed by atoms with van der Waals surface area (Å²) < 4.78 is 0. The van der Waals surface area contributed by atoms with Crippen LogP contribution in [0.2, 0.25) is 0 Å². The molecular weight excluding hydrogens is 234 g/mol. The number of anilines is 1. The first-order valence-electron chi connectivity index (χ1n) is 7.59. The Morgan fingerprint density at radius 1 is 1.26 bits per heavy atom. The molecular formula is C17H27NO. The molecule has 106 valence electrons. The molecule has 1 aliphatic rings. The highest BCUT2D eigenvalue weighted by molar-refractivity contribution is 5.55. The standard InChI is InChI=1S/C17H27NO/c1-13(2)11-18(16-6-4-5-7-16)17-9-8-14(3)10-15(17)12-19/h8-10,13,16,19H,4-7,11-12H2,1-3H3. The van der Waals surface area contributed by atoms with Crippen LogP contribution in [0.15, 0.2) is 18.2 Å². The van der Waals surface area contributed by atoms with Gasteiger partial charge in [0.05, 0.1) is 6.61 Å². The summed E-state index contributed by atoms with van der Waals surface area (Å²) in [6.45, 7) is 7.86. The van der Waals surface area contributed by atoms with Gasteiger partial charge in [-0.1, -0.05) is 44.4 Å². The second kappa shape index (κ2) is 6.42. The van der Waals surface area contributed by atoms with Crippen molar-refractivity contribution < 1.29 is 5.11 Å². The van der Waals surface area contributed by atoms with Crippen molar-refractivity contribution in [3.8, 4) is 0 Å². The molecule has 19 heavy (non-hydrogen) atoms. The maximum absolute atomic E-state index is 9.64. The number of hydrogen-bond donors (Lipinski definition) is 1. The molecule has 0 amide bonds. The fraction of sp³-hybridized carbons (Fsp3) is 0.647. The molecule has 0 heterocycles. The van der Waals surface area contributed by atoms with Crippen molar-refractivity contribution in [2.24, 2.45) is 5.92 Å². The van der Waals surface area contributed by atoms with E-state index in [2.05, 4.69) is 43.9 Å². The van der Waals surface area contributed by atoms with Crippen LogP contribution in [-0.2, 0) is 6.61 Å². The predicted octanol–water partition coefficient (Wildman–Crippen LogP) is 3.89. The summed E-state index contributed by atoms with van der Waals surface area (Å²) in [4.78, 5) is 2.54. The average Bonchev–Trinajstić information content (AvgIpc) is 2.89. The third-order valence-corrected chi connectivity index (χ3v) is 4.04. The fourth-order valence-electron chi connectivity index (χ4n) is 3.17. The van der Waals surface area contributed by atoms with E-state index in [-0.39, 0.29) is 6.61 Å². The van der Waals surface area contributed by atoms with E-state index in [1.165, 1.54) is 36.9 Å². The number of benzene rings is 1. The molecule has 1 N–H and O–H groups in total. The Hall–Kier alpha value is -1.02. The molecule has 0 radical (unpaired) electrons. The van der Waals surface area contributed by atoms with Crippen molar-refractivity contribution in [1.29, 1.82) is 0 Å². The topological polar surface area (TPSA) is 23.5 Å². The number of hydrogen-bond acceptors (Lipinski definition) is 2. The molecule has 1 aromatic carbocycles. The summed E-state index contributed by atoms with van der Waals surface area (Å²) in [6, 6.07) is 7.14. The largest absolute Gasteiger partial charge is 0.392 e. The van der Waals surface area contributed by atoms with Gasteiger partial charge >= 0.3 is 0 Å². The molecule has 2 rings (SSSR count). The zero-order chi connectivity index (χ0) is 13.8. The molecule has 1 saturated carbocycles. The first-order chi connectivity index (χ1) is 9.11. The van der Waals surface area contributed by atoms with Crippen molar-refractivity contribution in [3.05, 3.63) is 29.3 Å². The molecule has 0 aromatic heterocycles. The molecule has 0 unspecified atom stereocenters. The number of nitrogens with zero attached hydrogens (tertiary/aromatic N) is 1. The minimum Gasteiger partial charge on any atom is -0.392 e. The molecule has 1 aromatic rings. The molecule has 0 spiro atoms. The van der Waals surface area contributed by atoms with Crippen LogP contribution in [-0.4, -0.2) is 17.7 Å². The van der Waals surface area contributed by atoms with E-state index in [1.54, 1.807) is 0 Å². The Morgan fingerprint density at radius 3 is 2.53 bits per heavy atom. The number of aryl methyl sites for hydroxylation is 1. The fourth-order valence-corrected chi connectivity index (χ4v) is 3.17. The molecule has 0 atom stereocenters. The molecule has 2 heteroatoms. The molecule has 1 aliphatic carbocycles. The smallest absolute Gasteiger partial charge is 0.0702 e. The molecule has 0 bridgehead atoms. The molecule has 2 nitrogen and oxygen atoms in total. The van der Waals surface area contributed by atoms with E-state index >= 15 is 0 Å². The average molecular weight is 261 g/mol. The Morgan fingerprint density at radius 2 is 1.95 bits per heavy atom. The third-order valence-electron chi connectivity index (χ3n) is 4.04. The third kappa shape index (κ3) is 3.50. The van der Waals surface area contributed by atoms with Gasteiger partial charge in [0, 0.05) is 23.8 Å². The zero-order valence-electron chi connectivity index (χ0n) is 12.5. The van der Waals surface area contributed by atoms with E-state index in [1.807, 2.05) is 0 Å². The van der Waals surface area contributed by atoms with Crippen LogP contribution in [0.3, 0.4) is 0 Å². The van der Waals surface area contributed by atoms with Crippen LogP contribution >= 0.6 is 0 Å². The van der Waals surface area contributed by atoms with Crippen LogP contribution in [0.4, 0.5) is 5.69 Å². The Kier molecular flexibility index (Phi) is 4.87. The maximum atomic E-state index is 9.64. The summed E-state index contributed by atoms with van der Waals surface area (Å²) in [5, 5.41) is 9.64.